The van der Waals surface area contributed by atoms with E-state index in [2.05, 4.69) is 10.5 Å². The van der Waals surface area contributed by atoms with Crippen molar-refractivity contribution in [3.8, 4) is 17.2 Å². The molecule has 0 saturated carbocycles. The summed E-state index contributed by atoms with van der Waals surface area (Å²) in [6, 6.07) is 11.4. The van der Waals surface area contributed by atoms with Gasteiger partial charge < -0.3 is 14.2 Å². The fourth-order valence-electron chi connectivity index (χ4n) is 2.33. The zero-order valence-corrected chi connectivity index (χ0v) is 15.0. The molecule has 2 aromatic rings. The summed E-state index contributed by atoms with van der Waals surface area (Å²) < 4.78 is 15.8. The Morgan fingerprint density at radius 2 is 2.07 bits per heavy atom. The number of carbonyl (C=O) groups is 1. The Bertz CT molecular complexity index is 954. The Morgan fingerprint density at radius 1 is 1.29 bits per heavy atom. The van der Waals surface area contributed by atoms with E-state index in [-0.39, 0.29) is 18.2 Å². The van der Waals surface area contributed by atoms with Crippen molar-refractivity contribution >= 4 is 23.4 Å². The van der Waals surface area contributed by atoms with Gasteiger partial charge in [-0.25, -0.2) is 5.43 Å². The van der Waals surface area contributed by atoms with Gasteiger partial charge in [-0.3, -0.25) is 14.9 Å². The van der Waals surface area contributed by atoms with Crippen molar-refractivity contribution in [2.75, 3.05) is 13.4 Å². The number of benzene rings is 2. The number of nitro benzene ring substituents is 1. The van der Waals surface area contributed by atoms with Gasteiger partial charge in [0.25, 0.3) is 5.91 Å². The molecule has 0 aliphatic carbocycles. The topological polar surface area (TPSA) is 112 Å². The third kappa shape index (κ3) is 4.85. The first-order valence-corrected chi connectivity index (χ1v) is 8.30. The zero-order chi connectivity index (χ0) is 19.9. The molecule has 1 aliphatic rings. The number of amides is 1. The average Bonchev–Trinajstić information content (AvgIpc) is 3.17. The SMILES string of the molecule is CC(/C=C/c1ccc2c(c1)OCO2)=N\NC(=O)COc1ccccc1[N+](=O)[O-]. The molecule has 0 radical (unpaired) electrons. The minimum atomic E-state index is -0.573. The van der Waals surface area contributed by atoms with Crippen LogP contribution in [0.4, 0.5) is 5.69 Å². The summed E-state index contributed by atoms with van der Waals surface area (Å²) in [6.07, 6.45) is 3.54. The van der Waals surface area contributed by atoms with E-state index in [4.69, 9.17) is 14.2 Å². The van der Waals surface area contributed by atoms with Crippen LogP contribution < -0.4 is 19.6 Å². The molecule has 1 aliphatic heterocycles. The molecule has 0 fully saturated rings. The smallest absolute Gasteiger partial charge is 0.310 e. The van der Waals surface area contributed by atoms with Crippen molar-refractivity contribution in [1.29, 1.82) is 0 Å². The normalized spacial score (nSPS) is 12.8. The van der Waals surface area contributed by atoms with Gasteiger partial charge in [-0.1, -0.05) is 24.3 Å². The molecule has 0 saturated heterocycles. The van der Waals surface area contributed by atoms with Gasteiger partial charge in [-0.05, 0) is 36.8 Å². The molecular weight excluding hydrogens is 366 g/mol. The summed E-state index contributed by atoms with van der Waals surface area (Å²) in [7, 11) is 0. The Hall–Kier alpha value is -3.88. The van der Waals surface area contributed by atoms with E-state index >= 15 is 0 Å². The van der Waals surface area contributed by atoms with Crippen LogP contribution in [0.1, 0.15) is 12.5 Å². The number of para-hydroxylation sites is 2. The van der Waals surface area contributed by atoms with Crippen molar-refractivity contribution in [3.05, 3.63) is 64.2 Å². The summed E-state index contributed by atoms with van der Waals surface area (Å²) in [5, 5.41) is 14.9. The highest BCUT2D eigenvalue weighted by Gasteiger charge is 2.15. The van der Waals surface area contributed by atoms with E-state index in [1.54, 1.807) is 19.1 Å². The van der Waals surface area contributed by atoms with E-state index < -0.39 is 17.4 Å². The molecular formula is C19H17N3O6. The van der Waals surface area contributed by atoms with E-state index in [0.717, 1.165) is 5.56 Å². The molecule has 1 heterocycles. The predicted octanol–water partition coefficient (Wildman–Crippen LogP) is 2.91. The molecule has 0 bridgehead atoms. The third-order valence-corrected chi connectivity index (χ3v) is 3.69. The van der Waals surface area contributed by atoms with Crippen LogP contribution in [0.2, 0.25) is 0 Å². The monoisotopic (exact) mass is 383 g/mol. The van der Waals surface area contributed by atoms with E-state index in [9.17, 15) is 14.9 Å². The number of allylic oxidation sites excluding steroid dienone is 1. The van der Waals surface area contributed by atoms with Crippen LogP contribution in [-0.2, 0) is 4.79 Å². The van der Waals surface area contributed by atoms with E-state index in [0.29, 0.717) is 17.2 Å². The van der Waals surface area contributed by atoms with Gasteiger partial charge in [0.05, 0.1) is 10.6 Å². The first-order chi connectivity index (χ1) is 13.5. The van der Waals surface area contributed by atoms with Gasteiger partial charge in [0, 0.05) is 6.07 Å². The quantitative estimate of drug-likeness (QED) is 0.447. The van der Waals surface area contributed by atoms with Crippen LogP contribution in [-0.4, -0.2) is 29.9 Å². The molecule has 0 unspecified atom stereocenters. The Morgan fingerprint density at radius 3 is 2.89 bits per heavy atom. The summed E-state index contributed by atoms with van der Waals surface area (Å²) >= 11 is 0. The number of nitrogens with zero attached hydrogens (tertiary/aromatic N) is 2. The number of nitro groups is 1. The number of ether oxygens (including phenoxy) is 3. The van der Waals surface area contributed by atoms with E-state index in [1.165, 1.54) is 18.2 Å². The second-order valence-electron chi connectivity index (χ2n) is 5.75. The number of nitrogens with one attached hydrogen (secondary N) is 1. The van der Waals surface area contributed by atoms with Crippen LogP contribution in [0.3, 0.4) is 0 Å². The first kappa shape index (κ1) is 18.9. The molecule has 1 amide bonds. The minimum absolute atomic E-state index is 0.0195. The van der Waals surface area contributed by atoms with Gasteiger partial charge in [-0.2, -0.15) is 5.10 Å². The van der Waals surface area contributed by atoms with Gasteiger partial charge in [0.2, 0.25) is 6.79 Å². The van der Waals surface area contributed by atoms with E-state index in [1.807, 2.05) is 24.3 Å². The van der Waals surface area contributed by atoms with Crippen molar-refractivity contribution in [2.45, 2.75) is 6.92 Å². The maximum absolute atomic E-state index is 11.8. The highest BCUT2D eigenvalue weighted by Crippen LogP contribution is 2.32. The van der Waals surface area contributed by atoms with Crippen LogP contribution in [0, 0.1) is 10.1 Å². The molecule has 1 N–H and O–H groups in total. The summed E-state index contributed by atoms with van der Waals surface area (Å²) in [4.78, 5) is 22.2. The maximum Gasteiger partial charge on any atom is 0.310 e. The second kappa shape index (κ2) is 8.67. The van der Waals surface area contributed by atoms with Crippen molar-refractivity contribution in [2.24, 2.45) is 5.10 Å². The molecule has 144 valence electrons. The lowest BCUT2D eigenvalue weighted by Gasteiger charge is -2.05. The molecule has 9 nitrogen and oxygen atoms in total. The van der Waals surface area contributed by atoms with Gasteiger partial charge in [0.1, 0.15) is 0 Å². The second-order valence-corrected chi connectivity index (χ2v) is 5.75. The fourth-order valence-corrected chi connectivity index (χ4v) is 2.33. The summed E-state index contributed by atoms with van der Waals surface area (Å²) in [5.41, 5.74) is 3.58. The van der Waals surface area contributed by atoms with Gasteiger partial charge >= 0.3 is 5.69 Å². The number of rotatable bonds is 7. The molecule has 2 aromatic carbocycles. The van der Waals surface area contributed by atoms with Crippen molar-refractivity contribution in [3.63, 3.8) is 0 Å². The number of fused-ring (bicyclic) bond motifs is 1. The van der Waals surface area contributed by atoms with Crippen LogP contribution >= 0.6 is 0 Å². The molecule has 28 heavy (non-hydrogen) atoms. The summed E-state index contributed by atoms with van der Waals surface area (Å²) in [6.45, 7) is 1.53. The van der Waals surface area contributed by atoms with Gasteiger partial charge in [-0.15, -0.1) is 0 Å². The van der Waals surface area contributed by atoms with Crippen molar-refractivity contribution in [1.82, 2.24) is 5.43 Å². The number of carbonyl (C=O) groups excluding carboxylic acids is 1. The highest BCUT2D eigenvalue weighted by molar-refractivity contribution is 5.97. The Kier molecular flexibility index (Phi) is 5.85. The third-order valence-electron chi connectivity index (χ3n) is 3.69. The molecule has 0 spiro atoms. The minimum Gasteiger partial charge on any atom is -0.477 e. The number of hydrogen-bond acceptors (Lipinski definition) is 7. The van der Waals surface area contributed by atoms with Gasteiger partial charge in [0.15, 0.2) is 23.9 Å². The maximum atomic E-state index is 11.8. The van der Waals surface area contributed by atoms with Crippen LogP contribution in [0.25, 0.3) is 6.08 Å². The Labute approximate surface area is 160 Å². The molecule has 0 aromatic heterocycles. The standard InChI is InChI=1S/C19H17N3O6/c1-13(6-7-14-8-9-17-18(10-14)28-12-27-17)20-21-19(23)11-26-16-5-3-2-4-15(16)22(24)25/h2-10H,11-12H2,1H3,(H,21,23)/b7-6+,20-13+. The summed E-state index contributed by atoms with van der Waals surface area (Å²) in [5.74, 6) is 0.866. The number of hydrazone groups is 1. The highest BCUT2D eigenvalue weighted by atomic mass is 16.7. The lowest BCUT2D eigenvalue weighted by atomic mass is 10.2. The predicted molar refractivity (Wildman–Crippen MR) is 101 cm³/mol. The molecule has 0 atom stereocenters. The zero-order valence-electron chi connectivity index (χ0n) is 15.0. The number of hydrogen-bond donors (Lipinski definition) is 1. The fraction of sp³-hybridized carbons (Fsp3) is 0.158. The van der Waals surface area contributed by atoms with Crippen LogP contribution in [0.15, 0.2) is 53.6 Å². The molecule has 3 rings (SSSR count). The Balaban J connectivity index is 1.52. The first-order valence-electron chi connectivity index (χ1n) is 8.30. The lowest BCUT2D eigenvalue weighted by Crippen LogP contribution is -2.25. The average molecular weight is 383 g/mol. The van der Waals surface area contributed by atoms with Crippen molar-refractivity contribution < 1.29 is 23.9 Å². The largest absolute Gasteiger partial charge is 0.477 e. The molecule has 9 heteroatoms. The lowest BCUT2D eigenvalue weighted by molar-refractivity contribution is -0.385. The van der Waals surface area contributed by atoms with Crippen LogP contribution in [0.5, 0.6) is 17.2 Å².